The smallest absolute Gasteiger partial charge is 0.262 e. The number of anilines is 1. The third kappa shape index (κ3) is 10.5. The Labute approximate surface area is 261 Å². The Morgan fingerprint density at radius 3 is 2.39 bits per heavy atom. The molecular weight excluding hydrogens is 587 g/mol. The van der Waals surface area contributed by atoms with Crippen LogP contribution in [-0.4, -0.2) is 43.2 Å². The Bertz CT molecular complexity index is 1480. The molecule has 11 heteroatoms. The maximum Gasteiger partial charge on any atom is 0.262 e. The van der Waals surface area contributed by atoms with Gasteiger partial charge in [-0.25, -0.2) is 9.82 Å². The van der Waals surface area contributed by atoms with Gasteiger partial charge in [-0.3, -0.25) is 14.4 Å². The molecule has 0 bridgehead atoms. The average molecular weight is 623 g/mol. The summed E-state index contributed by atoms with van der Waals surface area (Å²) in [6.45, 7) is 9.52. The summed E-state index contributed by atoms with van der Waals surface area (Å²) < 4.78 is 24.8. The number of ether oxygens (including phenoxy) is 2. The van der Waals surface area contributed by atoms with Crippen molar-refractivity contribution in [2.24, 2.45) is 11.0 Å². The minimum absolute atomic E-state index is 0.126. The Kier molecular flexibility index (Phi) is 12.9. The molecule has 44 heavy (non-hydrogen) atoms. The number of carbonyl (C=O) groups excluding carboxylic acids is 3. The molecule has 0 saturated carbocycles. The number of nitrogens with zero attached hydrogens (tertiary/aromatic N) is 1. The van der Waals surface area contributed by atoms with Gasteiger partial charge in [-0.15, -0.1) is 6.58 Å². The zero-order valence-corrected chi connectivity index (χ0v) is 25.6. The molecule has 0 aliphatic rings. The highest BCUT2D eigenvalue weighted by molar-refractivity contribution is 6.30. The maximum absolute atomic E-state index is 13.2. The molecule has 0 saturated heterocycles. The molecule has 0 aromatic heterocycles. The van der Waals surface area contributed by atoms with Crippen LogP contribution in [0.3, 0.4) is 0 Å². The molecule has 0 fully saturated rings. The van der Waals surface area contributed by atoms with Gasteiger partial charge in [0, 0.05) is 21.8 Å². The highest BCUT2D eigenvalue weighted by Gasteiger charge is 2.22. The summed E-state index contributed by atoms with van der Waals surface area (Å²) in [5, 5.41) is 10.0. The van der Waals surface area contributed by atoms with E-state index in [0.29, 0.717) is 58.3 Å². The second-order valence-corrected chi connectivity index (χ2v) is 10.6. The van der Waals surface area contributed by atoms with Crippen molar-refractivity contribution in [1.29, 1.82) is 0 Å². The Balaban J connectivity index is 1.72. The third-order valence-corrected chi connectivity index (χ3v) is 6.37. The lowest BCUT2D eigenvalue weighted by molar-refractivity contribution is -0.123. The van der Waals surface area contributed by atoms with Crippen LogP contribution in [-0.2, 0) is 16.0 Å². The van der Waals surface area contributed by atoms with Gasteiger partial charge in [-0.2, -0.15) is 5.10 Å². The van der Waals surface area contributed by atoms with Crippen LogP contribution in [0, 0.1) is 11.7 Å². The number of halogens is 2. The number of hydrogen-bond acceptors (Lipinski definition) is 6. The number of amides is 3. The van der Waals surface area contributed by atoms with Gasteiger partial charge in [0.05, 0.1) is 12.8 Å². The largest absolute Gasteiger partial charge is 0.490 e. The van der Waals surface area contributed by atoms with Crippen molar-refractivity contribution < 1.29 is 28.2 Å². The zero-order chi connectivity index (χ0) is 32.1. The van der Waals surface area contributed by atoms with Gasteiger partial charge in [0.25, 0.3) is 17.7 Å². The topological polar surface area (TPSA) is 118 Å². The van der Waals surface area contributed by atoms with Gasteiger partial charge in [0.1, 0.15) is 11.9 Å². The van der Waals surface area contributed by atoms with E-state index in [4.69, 9.17) is 21.1 Å². The van der Waals surface area contributed by atoms with Gasteiger partial charge in [0.15, 0.2) is 18.1 Å². The van der Waals surface area contributed by atoms with Gasteiger partial charge < -0.3 is 20.1 Å². The van der Waals surface area contributed by atoms with Crippen LogP contribution in [0.15, 0.2) is 78.4 Å². The van der Waals surface area contributed by atoms with Crippen LogP contribution < -0.4 is 25.5 Å². The van der Waals surface area contributed by atoms with Crippen molar-refractivity contribution in [3.05, 3.63) is 101 Å². The van der Waals surface area contributed by atoms with Crippen molar-refractivity contribution in [1.82, 2.24) is 10.7 Å². The van der Waals surface area contributed by atoms with Crippen molar-refractivity contribution in [2.45, 2.75) is 39.7 Å². The monoisotopic (exact) mass is 622 g/mol. The number of nitrogens with one attached hydrogen (secondary N) is 3. The zero-order valence-electron chi connectivity index (χ0n) is 24.9. The van der Waals surface area contributed by atoms with E-state index in [0.717, 1.165) is 0 Å². The van der Waals surface area contributed by atoms with Crippen molar-refractivity contribution >= 4 is 41.2 Å². The molecule has 0 heterocycles. The predicted molar refractivity (Wildman–Crippen MR) is 170 cm³/mol. The molecule has 3 N–H and O–H groups in total. The molecule has 3 rings (SSSR count). The lowest BCUT2D eigenvalue weighted by atomic mass is 10.0. The molecule has 1 atom stereocenters. The summed E-state index contributed by atoms with van der Waals surface area (Å²) in [5.41, 5.74) is 4.61. The van der Waals surface area contributed by atoms with Crippen molar-refractivity contribution in [3.63, 3.8) is 0 Å². The summed E-state index contributed by atoms with van der Waals surface area (Å²) in [5.74, 6) is -0.846. The highest BCUT2D eigenvalue weighted by Crippen LogP contribution is 2.33. The molecule has 232 valence electrons. The van der Waals surface area contributed by atoms with Gasteiger partial charge in [-0.05, 0) is 91.9 Å². The first-order valence-corrected chi connectivity index (χ1v) is 14.5. The van der Waals surface area contributed by atoms with Gasteiger partial charge >= 0.3 is 0 Å². The maximum atomic E-state index is 13.2. The second-order valence-electron chi connectivity index (χ2n) is 10.2. The Morgan fingerprint density at radius 2 is 1.75 bits per heavy atom. The fraction of sp³-hybridized carbons (Fsp3) is 0.273. The third-order valence-electron chi connectivity index (χ3n) is 6.12. The lowest BCUT2D eigenvalue weighted by Gasteiger charge is -2.19. The first kappa shape index (κ1) is 33.8. The van der Waals surface area contributed by atoms with Crippen molar-refractivity contribution in [2.75, 3.05) is 18.5 Å². The highest BCUT2D eigenvalue weighted by atomic mass is 35.5. The summed E-state index contributed by atoms with van der Waals surface area (Å²) in [6.07, 6.45) is 3.93. The van der Waals surface area contributed by atoms with Crippen LogP contribution in [0.2, 0.25) is 5.02 Å². The number of hydrogen-bond donors (Lipinski definition) is 3. The summed E-state index contributed by atoms with van der Waals surface area (Å²) in [7, 11) is 0. The van der Waals surface area contributed by atoms with E-state index in [1.165, 1.54) is 30.5 Å². The first-order chi connectivity index (χ1) is 21.1. The van der Waals surface area contributed by atoms with Gasteiger partial charge in [0.2, 0.25) is 0 Å². The number of allylic oxidation sites excluding steroid dienone is 1. The van der Waals surface area contributed by atoms with Crippen LogP contribution in [0.5, 0.6) is 11.5 Å². The Hall–Kier alpha value is -4.70. The minimum Gasteiger partial charge on any atom is -0.490 e. The molecule has 3 amide bonds. The van der Waals surface area contributed by atoms with Crippen LogP contribution in [0.25, 0.3) is 0 Å². The SMILES string of the molecule is C=CCc1cc(C=NNC(=O)C(CC(C)C)NC(=O)c2ccc(Cl)cc2)cc(OCC)c1OCC(=O)Nc1ccc(F)cc1. The van der Waals surface area contributed by atoms with E-state index < -0.39 is 29.6 Å². The number of rotatable bonds is 15. The fourth-order valence-corrected chi connectivity index (χ4v) is 4.28. The molecule has 3 aromatic rings. The first-order valence-electron chi connectivity index (χ1n) is 14.1. The van der Waals surface area contributed by atoms with Crippen LogP contribution in [0.1, 0.15) is 48.7 Å². The molecular formula is C33H36ClFN4O5. The Morgan fingerprint density at radius 1 is 1.05 bits per heavy atom. The predicted octanol–water partition coefficient (Wildman–Crippen LogP) is 5.92. The van der Waals surface area contributed by atoms with Crippen LogP contribution >= 0.6 is 11.6 Å². The van der Waals surface area contributed by atoms with E-state index in [9.17, 15) is 18.8 Å². The second kappa shape index (κ2) is 16.8. The van der Waals surface area contributed by atoms with Crippen LogP contribution in [0.4, 0.5) is 10.1 Å². The van der Waals surface area contributed by atoms with Gasteiger partial charge in [-0.1, -0.05) is 31.5 Å². The molecule has 0 aliphatic carbocycles. The van der Waals surface area contributed by atoms with Crippen molar-refractivity contribution in [3.8, 4) is 11.5 Å². The normalized spacial score (nSPS) is 11.6. The molecule has 0 aliphatic heterocycles. The lowest BCUT2D eigenvalue weighted by Crippen LogP contribution is -2.46. The standard InChI is InChI=1S/C33H36ClFN4O5/c1-5-7-24-17-22(18-29(43-6-2)31(24)44-20-30(40)37-27-14-12-26(35)13-15-27)19-36-39-33(42)28(16-21(3)4)38-32(41)23-8-10-25(34)11-9-23/h5,8-15,17-19,21,28H,1,6-7,16,20H2,2-4H3,(H,37,40)(H,38,41)(H,39,42). The van der Waals surface area contributed by atoms with E-state index in [-0.39, 0.29) is 12.5 Å². The molecule has 9 nitrogen and oxygen atoms in total. The quantitative estimate of drug-likeness (QED) is 0.111. The number of hydrazone groups is 1. The fourth-order valence-electron chi connectivity index (χ4n) is 4.15. The van der Waals surface area contributed by atoms with E-state index in [2.05, 4.69) is 27.7 Å². The van der Waals surface area contributed by atoms with E-state index in [1.54, 1.807) is 42.5 Å². The molecule has 1 unspecified atom stereocenters. The molecule has 0 spiro atoms. The molecule has 3 aromatic carbocycles. The number of benzene rings is 3. The average Bonchev–Trinajstić information content (AvgIpc) is 2.98. The van der Waals surface area contributed by atoms with E-state index >= 15 is 0 Å². The summed E-state index contributed by atoms with van der Waals surface area (Å²) in [6, 6.07) is 14.4. The summed E-state index contributed by atoms with van der Waals surface area (Å²) >= 11 is 5.91. The van der Waals surface area contributed by atoms with E-state index in [1.807, 2.05) is 20.8 Å². The molecule has 0 radical (unpaired) electrons. The number of carbonyl (C=O) groups is 3. The summed E-state index contributed by atoms with van der Waals surface area (Å²) in [4.78, 5) is 38.2. The minimum atomic E-state index is -0.817.